The third kappa shape index (κ3) is 2.27. The van der Waals surface area contributed by atoms with Crippen LogP contribution < -0.4 is 11.1 Å². The van der Waals surface area contributed by atoms with Gasteiger partial charge in [0.15, 0.2) is 0 Å². The van der Waals surface area contributed by atoms with Gasteiger partial charge in [0, 0.05) is 31.9 Å². The average Bonchev–Trinajstić information content (AvgIpc) is 2.07. The van der Waals surface area contributed by atoms with Crippen LogP contribution in [0.3, 0.4) is 0 Å². The molecule has 1 rings (SSSR count). The predicted octanol–water partition coefficient (Wildman–Crippen LogP) is -0.122. The SMILES string of the molecule is C=C(/C=C/N)N1CCNCC1. The Balaban J connectivity index is 2.38. The monoisotopic (exact) mass is 153 g/mol. The lowest BCUT2D eigenvalue weighted by Gasteiger charge is -2.29. The summed E-state index contributed by atoms with van der Waals surface area (Å²) in [5.74, 6) is 0. The molecule has 0 aliphatic carbocycles. The molecule has 0 aromatic heterocycles. The van der Waals surface area contributed by atoms with Gasteiger partial charge >= 0.3 is 0 Å². The van der Waals surface area contributed by atoms with Crippen molar-refractivity contribution in [2.24, 2.45) is 5.73 Å². The van der Waals surface area contributed by atoms with E-state index in [2.05, 4.69) is 16.8 Å². The van der Waals surface area contributed by atoms with Gasteiger partial charge in [-0.3, -0.25) is 0 Å². The summed E-state index contributed by atoms with van der Waals surface area (Å²) in [5.41, 5.74) is 6.26. The standard InChI is InChI=1S/C8H15N3/c1-8(2-3-9)11-6-4-10-5-7-11/h2-3,10H,1,4-7,9H2/b3-2+. The second-order valence-electron chi connectivity index (χ2n) is 2.59. The molecule has 0 unspecified atom stereocenters. The molecule has 0 bridgehead atoms. The number of piperazine rings is 1. The van der Waals surface area contributed by atoms with Gasteiger partial charge in [-0.25, -0.2) is 0 Å². The summed E-state index contributed by atoms with van der Waals surface area (Å²) in [4.78, 5) is 2.22. The van der Waals surface area contributed by atoms with Gasteiger partial charge in [0.05, 0.1) is 0 Å². The summed E-state index contributed by atoms with van der Waals surface area (Å²) < 4.78 is 0. The fraction of sp³-hybridized carbons (Fsp3) is 0.500. The number of rotatable bonds is 2. The maximum atomic E-state index is 5.25. The van der Waals surface area contributed by atoms with Crippen LogP contribution in [0.2, 0.25) is 0 Å². The molecule has 1 fully saturated rings. The van der Waals surface area contributed by atoms with Crippen LogP contribution in [0.25, 0.3) is 0 Å². The van der Waals surface area contributed by atoms with E-state index >= 15 is 0 Å². The van der Waals surface area contributed by atoms with E-state index < -0.39 is 0 Å². The lowest BCUT2D eigenvalue weighted by molar-refractivity contribution is 0.308. The van der Waals surface area contributed by atoms with Gasteiger partial charge in [-0.05, 0) is 12.3 Å². The van der Waals surface area contributed by atoms with Crippen molar-refractivity contribution >= 4 is 0 Å². The van der Waals surface area contributed by atoms with Crippen molar-refractivity contribution in [2.45, 2.75) is 0 Å². The maximum absolute atomic E-state index is 5.25. The first kappa shape index (κ1) is 8.14. The molecule has 1 heterocycles. The largest absolute Gasteiger partial charge is 0.405 e. The minimum Gasteiger partial charge on any atom is -0.405 e. The van der Waals surface area contributed by atoms with Gasteiger partial charge < -0.3 is 16.0 Å². The van der Waals surface area contributed by atoms with Crippen LogP contribution in [0, 0.1) is 0 Å². The highest BCUT2D eigenvalue weighted by Gasteiger charge is 2.08. The molecule has 3 heteroatoms. The van der Waals surface area contributed by atoms with Crippen molar-refractivity contribution in [1.29, 1.82) is 0 Å². The third-order valence-corrected chi connectivity index (χ3v) is 1.81. The minimum absolute atomic E-state index is 1.01. The molecule has 62 valence electrons. The topological polar surface area (TPSA) is 41.3 Å². The van der Waals surface area contributed by atoms with Crippen LogP contribution in [0.4, 0.5) is 0 Å². The lowest BCUT2D eigenvalue weighted by atomic mass is 10.3. The van der Waals surface area contributed by atoms with E-state index in [9.17, 15) is 0 Å². The Kier molecular flexibility index (Phi) is 2.98. The van der Waals surface area contributed by atoms with Crippen molar-refractivity contribution in [3.8, 4) is 0 Å². The van der Waals surface area contributed by atoms with Gasteiger partial charge in [0.2, 0.25) is 0 Å². The van der Waals surface area contributed by atoms with E-state index in [1.165, 1.54) is 6.20 Å². The molecule has 3 N–H and O–H groups in total. The highest BCUT2D eigenvalue weighted by Crippen LogP contribution is 2.03. The molecule has 1 aliphatic rings. The zero-order chi connectivity index (χ0) is 8.10. The summed E-state index contributed by atoms with van der Waals surface area (Å²) in [6.07, 6.45) is 3.37. The van der Waals surface area contributed by atoms with Gasteiger partial charge in [-0.1, -0.05) is 6.58 Å². The summed E-state index contributed by atoms with van der Waals surface area (Å²) in [6.45, 7) is 8.04. The Labute approximate surface area is 67.6 Å². The van der Waals surface area contributed by atoms with Gasteiger partial charge in [-0.2, -0.15) is 0 Å². The summed E-state index contributed by atoms with van der Waals surface area (Å²) in [5, 5.41) is 3.27. The lowest BCUT2D eigenvalue weighted by Crippen LogP contribution is -2.42. The number of nitrogens with one attached hydrogen (secondary N) is 1. The molecule has 0 atom stereocenters. The van der Waals surface area contributed by atoms with Crippen molar-refractivity contribution < 1.29 is 0 Å². The maximum Gasteiger partial charge on any atom is 0.0308 e. The quantitative estimate of drug-likeness (QED) is 0.543. The van der Waals surface area contributed by atoms with Crippen molar-refractivity contribution in [3.05, 3.63) is 24.6 Å². The number of hydrogen-bond donors (Lipinski definition) is 2. The fourth-order valence-corrected chi connectivity index (χ4v) is 1.17. The number of nitrogens with two attached hydrogens (primary N) is 1. The Morgan fingerprint density at radius 3 is 2.64 bits per heavy atom. The van der Waals surface area contributed by atoms with Crippen LogP contribution in [0.15, 0.2) is 24.6 Å². The summed E-state index contributed by atoms with van der Waals surface area (Å²) >= 11 is 0. The molecule has 0 aromatic rings. The molecule has 1 aliphatic heterocycles. The molecule has 0 saturated carbocycles. The van der Waals surface area contributed by atoms with Gasteiger partial charge in [0.1, 0.15) is 0 Å². The van der Waals surface area contributed by atoms with E-state index in [0.717, 1.165) is 31.9 Å². The van der Waals surface area contributed by atoms with Crippen LogP contribution >= 0.6 is 0 Å². The van der Waals surface area contributed by atoms with Gasteiger partial charge in [0.25, 0.3) is 0 Å². The first-order valence-electron chi connectivity index (χ1n) is 3.87. The molecular weight excluding hydrogens is 138 g/mol. The fourth-order valence-electron chi connectivity index (χ4n) is 1.17. The number of nitrogens with zero attached hydrogens (tertiary/aromatic N) is 1. The molecule has 0 amide bonds. The Bertz CT molecular complexity index is 157. The minimum atomic E-state index is 1.01. The highest BCUT2D eigenvalue weighted by atomic mass is 15.2. The molecule has 1 saturated heterocycles. The first-order chi connectivity index (χ1) is 5.34. The van der Waals surface area contributed by atoms with Crippen molar-refractivity contribution in [3.63, 3.8) is 0 Å². The van der Waals surface area contributed by atoms with E-state index in [0.29, 0.717) is 0 Å². The van der Waals surface area contributed by atoms with Gasteiger partial charge in [-0.15, -0.1) is 0 Å². The van der Waals surface area contributed by atoms with Crippen LogP contribution in [0.5, 0.6) is 0 Å². The van der Waals surface area contributed by atoms with Crippen LogP contribution in [-0.2, 0) is 0 Å². The molecule has 0 radical (unpaired) electrons. The van der Waals surface area contributed by atoms with E-state index in [-0.39, 0.29) is 0 Å². The smallest absolute Gasteiger partial charge is 0.0308 e. The Morgan fingerprint density at radius 2 is 2.09 bits per heavy atom. The zero-order valence-corrected chi connectivity index (χ0v) is 6.71. The summed E-state index contributed by atoms with van der Waals surface area (Å²) in [6, 6.07) is 0. The van der Waals surface area contributed by atoms with E-state index in [4.69, 9.17) is 5.73 Å². The Hall–Kier alpha value is -0.960. The second-order valence-corrected chi connectivity index (χ2v) is 2.59. The molecule has 0 aromatic carbocycles. The van der Waals surface area contributed by atoms with Crippen LogP contribution in [0.1, 0.15) is 0 Å². The average molecular weight is 153 g/mol. The van der Waals surface area contributed by atoms with Crippen molar-refractivity contribution in [2.75, 3.05) is 26.2 Å². The molecule has 3 nitrogen and oxygen atoms in total. The van der Waals surface area contributed by atoms with E-state index in [1.807, 2.05) is 6.08 Å². The third-order valence-electron chi connectivity index (χ3n) is 1.81. The van der Waals surface area contributed by atoms with Crippen molar-refractivity contribution in [1.82, 2.24) is 10.2 Å². The molecular formula is C8H15N3. The van der Waals surface area contributed by atoms with E-state index in [1.54, 1.807) is 0 Å². The first-order valence-corrected chi connectivity index (χ1v) is 3.87. The van der Waals surface area contributed by atoms with Crippen LogP contribution in [-0.4, -0.2) is 31.1 Å². The summed E-state index contributed by atoms with van der Waals surface area (Å²) in [7, 11) is 0. The molecule has 0 spiro atoms. The number of hydrogen-bond acceptors (Lipinski definition) is 3. The second kappa shape index (κ2) is 4.03. The normalized spacial score (nSPS) is 19.1. The highest BCUT2D eigenvalue weighted by molar-refractivity contribution is 5.12. The molecule has 11 heavy (non-hydrogen) atoms. The zero-order valence-electron chi connectivity index (χ0n) is 6.71. The predicted molar refractivity (Wildman–Crippen MR) is 46.9 cm³/mol. The number of allylic oxidation sites excluding steroid dienone is 1. The Morgan fingerprint density at radius 1 is 1.45 bits per heavy atom.